The Kier molecular flexibility index (Phi) is 3.99. The first-order valence-electron chi connectivity index (χ1n) is 5.17. The number of hydrogen-bond acceptors (Lipinski definition) is 4. The summed E-state index contributed by atoms with van der Waals surface area (Å²) in [5.41, 5.74) is 0.849. The number of thiophene rings is 1. The van der Waals surface area contributed by atoms with Crippen LogP contribution in [0.15, 0.2) is 29.8 Å². The minimum absolute atomic E-state index is 0.0429. The normalized spacial score (nSPS) is 12.4. The van der Waals surface area contributed by atoms with Gasteiger partial charge in [-0.1, -0.05) is 11.6 Å². The van der Waals surface area contributed by atoms with Crippen molar-refractivity contribution in [2.45, 2.75) is 6.04 Å². The predicted octanol–water partition coefficient (Wildman–Crippen LogP) is 3.11. The molecule has 17 heavy (non-hydrogen) atoms. The zero-order chi connectivity index (χ0) is 12.3. The van der Waals surface area contributed by atoms with E-state index >= 15 is 0 Å². The molecule has 0 bridgehead atoms. The predicted molar refractivity (Wildman–Crippen MR) is 71.0 cm³/mol. The molecular formula is C12H13ClN2OS. The summed E-state index contributed by atoms with van der Waals surface area (Å²) in [5, 5.41) is 5.94. The third kappa shape index (κ3) is 2.44. The van der Waals surface area contributed by atoms with Crippen LogP contribution in [0.4, 0.5) is 0 Å². The van der Waals surface area contributed by atoms with E-state index in [2.05, 4.69) is 10.3 Å². The molecule has 3 nitrogen and oxygen atoms in total. The van der Waals surface area contributed by atoms with Crippen LogP contribution in [0, 0.1) is 0 Å². The van der Waals surface area contributed by atoms with Crippen molar-refractivity contribution in [3.63, 3.8) is 0 Å². The number of nitrogens with zero attached hydrogens (tertiary/aromatic N) is 1. The fraction of sp³-hybridized carbons (Fsp3) is 0.250. The van der Waals surface area contributed by atoms with Gasteiger partial charge in [0, 0.05) is 11.1 Å². The Morgan fingerprint density at radius 1 is 1.47 bits per heavy atom. The van der Waals surface area contributed by atoms with Crippen LogP contribution in [0.2, 0.25) is 5.02 Å². The van der Waals surface area contributed by atoms with Gasteiger partial charge in [0.2, 0.25) is 0 Å². The standard InChI is InChI=1S/C12H13ClN2OS/c1-14-11(12-8(13)5-7-17-12)10-9(16-2)4-3-6-15-10/h3-7,11,14H,1-2H3. The molecule has 0 fully saturated rings. The lowest BCUT2D eigenvalue weighted by molar-refractivity contribution is 0.402. The van der Waals surface area contributed by atoms with Crippen LogP contribution in [0.25, 0.3) is 0 Å². The Hall–Kier alpha value is -1.10. The molecule has 2 heterocycles. The molecule has 1 unspecified atom stereocenters. The number of ether oxygens (including phenoxy) is 1. The molecule has 1 N–H and O–H groups in total. The van der Waals surface area contributed by atoms with Gasteiger partial charge in [-0.25, -0.2) is 0 Å². The number of nitrogens with one attached hydrogen (secondary N) is 1. The lowest BCUT2D eigenvalue weighted by atomic mass is 10.1. The fourth-order valence-electron chi connectivity index (χ4n) is 1.70. The van der Waals surface area contributed by atoms with Crippen molar-refractivity contribution in [2.24, 2.45) is 0 Å². The SMILES string of the molecule is CNC(c1ncccc1OC)c1sccc1Cl. The van der Waals surface area contributed by atoms with Crippen molar-refractivity contribution in [1.29, 1.82) is 0 Å². The summed E-state index contributed by atoms with van der Waals surface area (Å²) in [6.45, 7) is 0. The summed E-state index contributed by atoms with van der Waals surface area (Å²) in [6, 6.07) is 5.60. The zero-order valence-corrected chi connectivity index (χ0v) is 11.2. The van der Waals surface area contributed by atoms with Crippen LogP contribution in [-0.4, -0.2) is 19.1 Å². The highest BCUT2D eigenvalue weighted by Gasteiger charge is 2.21. The Morgan fingerprint density at radius 2 is 2.29 bits per heavy atom. The third-order valence-corrected chi connectivity index (χ3v) is 3.91. The Bertz CT molecular complexity index is 501. The molecule has 2 rings (SSSR count). The second kappa shape index (κ2) is 5.49. The van der Waals surface area contributed by atoms with Gasteiger partial charge >= 0.3 is 0 Å². The highest BCUT2D eigenvalue weighted by molar-refractivity contribution is 7.10. The van der Waals surface area contributed by atoms with E-state index < -0.39 is 0 Å². The van der Waals surface area contributed by atoms with Crippen LogP contribution in [0.5, 0.6) is 5.75 Å². The van der Waals surface area contributed by atoms with E-state index in [9.17, 15) is 0 Å². The van der Waals surface area contributed by atoms with Crippen molar-refractivity contribution in [2.75, 3.05) is 14.2 Å². The van der Waals surface area contributed by atoms with Crippen LogP contribution in [0.3, 0.4) is 0 Å². The van der Waals surface area contributed by atoms with Gasteiger partial charge in [-0.05, 0) is 30.6 Å². The fourth-order valence-corrected chi connectivity index (χ4v) is 2.97. The van der Waals surface area contributed by atoms with E-state index in [4.69, 9.17) is 16.3 Å². The highest BCUT2D eigenvalue weighted by atomic mass is 35.5. The van der Waals surface area contributed by atoms with E-state index in [1.165, 1.54) is 0 Å². The Labute approximate surface area is 109 Å². The maximum atomic E-state index is 6.16. The van der Waals surface area contributed by atoms with Crippen molar-refractivity contribution < 1.29 is 4.74 Å². The topological polar surface area (TPSA) is 34.2 Å². The lowest BCUT2D eigenvalue weighted by Crippen LogP contribution is -2.18. The van der Waals surface area contributed by atoms with Crippen LogP contribution in [-0.2, 0) is 0 Å². The summed E-state index contributed by atoms with van der Waals surface area (Å²) in [4.78, 5) is 5.43. The molecule has 0 amide bonds. The quantitative estimate of drug-likeness (QED) is 0.925. The molecule has 0 aliphatic carbocycles. The molecule has 0 spiro atoms. The molecular weight excluding hydrogens is 256 g/mol. The molecule has 1 atom stereocenters. The summed E-state index contributed by atoms with van der Waals surface area (Å²) in [7, 11) is 3.53. The minimum Gasteiger partial charge on any atom is -0.495 e. The summed E-state index contributed by atoms with van der Waals surface area (Å²) >= 11 is 7.77. The maximum absolute atomic E-state index is 6.16. The van der Waals surface area contributed by atoms with Gasteiger partial charge < -0.3 is 10.1 Å². The highest BCUT2D eigenvalue weighted by Crippen LogP contribution is 2.35. The van der Waals surface area contributed by atoms with E-state index in [0.29, 0.717) is 0 Å². The first kappa shape index (κ1) is 12.4. The van der Waals surface area contributed by atoms with Gasteiger partial charge in [-0.15, -0.1) is 11.3 Å². The van der Waals surface area contributed by atoms with Gasteiger partial charge in [-0.3, -0.25) is 4.98 Å². The van der Waals surface area contributed by atoms with E-state index in [-0.39, 0.29) is 6.04 Å². The number of aromatic nitrogens is 1. The molecule has 0 saturated carbocycles. The van der Waals surface area contributed by atoms with Gasteiger partial charge in [0.05, 0.1) is 18.2 Å². The van der Waals surface area contributed by atoms with Crippen LogP contribution < -0.4 is 10.1 Å². The number of pyridine rings is 1. The van der Waals surface area contributed by atoms with Crippen molar-refractivity contribution in [3.05, 3.63) is 45.4 Å². The Balaban J connectivity index is 2.46. The number of hydrogen-bond donors (Lipinski definition) is 1. The monoisotopic (exact) mass is 268 g/mol. The minimum atomic E-state index is -0.0429. The second-order valence-electron chi connectivity index (χ2n) is 3.45. The second-order valence-corrected chi connectivity index (χ2v) is 4.80. The van der Waals surface area contributed by atoms with Crippen molar-refractivity contribution >= 4 is 22.9 Å². The first-order chi connectivity index (χ1) is 8.27. The number of halogens is 1. The molecule has 2 aromatic rings. The largest absolute Gasteiger partial charge is 0.495 e. The molecule has 0 radical (unpaired) electrons. The lowest BCUT2D eigenvalue weighted by Gasteiger charge is -2.17. The first-order valence-corrected chi connectivity index (χ1v) is 6.42. The van der Waals surface area contributed by atoms with Crippen molar-refractivity contribution in [1.82, 2.24) is 10.3 Å². The Morgan fingerprint density at radius 3 is 2.88 bits per heavy atom. The average Bonchev–Trinajstić information content (AvgIpc) is 2.78. The van der Waals surface area contributed by atoms with E-state index in [0.717, 1.165) is 21.3 Å². The van der Waals surface area contributed by atoms with Gasteiger partial charge in [0.15, 0.2) is 0 Å². The van der Waals surface area contributed by atoms with Crippen LogP contribution >= 0.6 is 22.9 Å². The maximum Gasteiger partial charge on any atom is 0.142 e. The molecule has 2 aromatic heterocycles. The molecule has 5 heteroatoms. The smallest absolute Gasteiger partial charge is 0.142 e. The summed E-state index contributed by atoms with van der Waals surface area (Å²) < 4.78 is 5.33. The zero-order valence-electron chi connectivity index (χ0n) is 9.61. The molecule has 90 valence electrons. The van der Waals surface area contributed by atoms with E-state index in [1.54, 1.807) is 24.6 Å². The molecule has 0 aliphatic rings. The summed E-state index contributed by atoms with van der Waals surface area (Å²) in [5.74, 6) is 0.760. The van der Waals surface area contributed by atoms with Crippen LogP contribution in [0.1, 0.15) is 16.6 Å². The summed E-state index contributed by atoms with van der Waals surface area (Å²) in [6.07, 6.45) is 1.75. The van der Waals surface area contributed by atoms with E-state index in [1.807, 2.05) is 30.6 Å². The van der Waals surface area contributed by atoms with Gasteiger partial charge in [0.1, 0.15) is 11.4 Å². The van der Waals surface area contributed by atoms with Gasteiger partial charge in [-0.2, -0.15) is 0 Å². The third-order valence-electron chi connectivity index (χ3n) is 2.49. The van der Waals surface area contributed by atoms with Crippen molar-refractivity contribution in [3.8, 4) is 5.75 Å². The molecule has 0 aromatic carbocycles. The molecule has 0 aliphatic heterocycles. The number of rotatable bonds is 4. The molecule has 0 saturated heterocycles. The van der Waals surface area contributed by atoms with Gasteiger partial charge in [0.25, 0.3) is 0 Å². The number of methoxy groups -OCH3 is 1. The average molecular weight is 269 g/mol.